The van der Waals surface area contributed by atoms with Crippen molar-refractivity contribution >= 4 is 23.4 Å². The molecule has 0 radical (unpaired) electrons. The third kappa shape index (κ3) is 3.59. The zero-order chi connectivity index (χ0) is 17.1. The molecule has 3 rings (SSSR count). The van der Waals surface area contributed by atoms with Crippen LogP contribution in [0.4, 0.5) is 20.6 Å². The zero-order valence-electron chi connectivity index (χ0n) is 13.5. The van der Waals surface area contributed by atoms with Gasteiger partial charge in [0.1, 0.15) is 11.9 Å². The van der Waals surface area contributed by atoms with Crippen LogP contribution in [0.5, 0.6) is 0 Å². The summed E-state index contributed by atoms with van der Waals surface area (Å²) in [6, 6.07) is 4.78. The number of benzene rings is 1. The third-order valence-corrected chi connectivity index (χ3v) is 4.15. The topological polar surface area (TPSA) is 73.9 Å². The molecule has 2 N–H and O–H groups in total. The molecule has 7 nitrogen and oxygen atoms in total. The van der Waals surface area contributed by atoms with Gasteiger partial charge >= 0.3 is 6.09 Å². The van der Waals surface area contributed by atoms with Crippen LogP contribution >= 0.6 is 0 Å². The van der Waals surface area contributed by atoms with Crippen LogP contribution in [-0.4, -0.2) is 57.4 Å². The molecule has 1 aromatic carbocycles. The van der Waals surface area contributed by atoms with Crippen LogP contribution in [0.25, 0.3) is 0 Å². The Hall–Kier alpha value is -2.35. The maximum Gasteiger partial charge on any atom is 0.414 e. The Morgan fingerprint density at radius 1 is 1.42 bits per heavy atom. The minimum atomic E-state index is -0.528. The fraction of sp³-hybridized carbons (Fsp3) is 0.500. The highest BCUT2D eigenvalue weighted by Gasteiger charge is 2.32. The normalized spacial score (nSPS) is 20.9. The molecule has 0 aromatic heterocycles. The summed E-state index contributed by atoms with van der Waals surface area (Å²) in [5.41, 5.74) is 1.00. The van der Waals surface area contributed by atoms with Gasteiger partial charge in [-0.3, -0.25) is 9.69 Å². The first-order valence-electron chi connectivity index (χ1n) is 8.02. The van der Waals surface area contributed by atoms with Gasteiger partial charge in [-0.15, -0.1) is 0 Å². The first-order chi connectivity index (χ1) is 11.5. The number of anilines is 2. The Morgan fingerprint density at radius 2 is 2.17 bits per heavy atom. The SMILES string of the molecule is CC(=O)NC[C@@H]1CN(c2ccc(N3CCNCC3)c(F)c2)C(=O)O1. The molecule has 2 fully saturated rings. The predicted molar refractivity (Wildman–Crippen MR) is 87.8 cm³/mol. The van der Waals surface area contributed by atoms with Crippen molar-refractivity contribution in [2.24, 2.45) is 0 Å². The van der Waals surface area contributed by atoms with Gasteiger partial charge in [-0.2, -0.15) is 0 Å². The molecule has 2 aliphatic rings. The Kier molecular flexibility index (Phi) is 4.84. The van der Waals surface area contributed by atoms with Gasteiger partial charge in [-0.05, 0) is 18.2 Å². The van der Waals surface area contributed by atoms with Crippen LogP contribution in [0.15, 0.2) is 18.2 Å². The van der Waals surface area contributed by atoms with E-state index in [0.717, 1.165) is 26.2 Å². The fourth-order valence-corrected chi connectivity index (χ4v) is 2.92. The highest BCUT2D eigenvalue weighted by molar-refractivity contribution is 5.90. The van der Waals surface area contributed by atoms with Crippen LogP contribution in [-0.2, 0) is 9.53 Å². The highest BCUT2D eigenvalue weighted by Crippen LogP contribution is 2.28. The Balaban J connectivity index is 1.69. The number of rotatable bonds is 4. The molecular weight excluding hydrogens is 315 g/mol. The number of ether oxygens (including phenoxy) is 1. The van der Waals surface area contributed by atoms with Crippen LogP contribution < -0.4 is 20.4 Å². The number of hydrogen-bond acceptors (Lipinski definition) is 5. The quantitative estimate of drug-likeness (QED) is 0.847. The molecule has 2 saturated heterocycles. The third-order valence-electron chi connectivity index (χ3n) is 4.15. The van der Waals surface area contributed by atoms with E-state index in [4.69, 9.17) is 4.74 Å². The first kappa shape index (κ1) is 16.5. The molecule has 2 amide bonds. The molecule has 2 heterocycles. The molecule has 2 aliphatic heterocycles. The molecule has 0 unspecified atom stereocenters. The lowest BCUT2D eigenvalue weighted by molar-refractivity contribution is -0.119. The van der Waals surface area contributed by atoms with Crippen molar-refractivity contribution in [3.8, 4) is 0 Å². The van der Waals surface area contributed by atoms with Gasteiger partial charge in [0, 0.05) is 33.1 Å². The molecule has 24 heavy (non-hydrogen) atoms. The number of carbonyl (C=O) groups is 2. The summed E-state index contributed by atoms with van der Waals surface area (Å²) in [4.78, 5) is 26.3. The number of nitrogens with zero attached hydrogens (tertiary/aromatic N) is 2. The molecule has 1 aromatic rings. The van der Waals surface area contributed by atoms with E-state index in [0.29, 0.717) is 11.4 Å². The summed E-state index contributed by atoms with van der Waals surface area (Å²) >= 11 is 0. The molecular formula is C16H21FN4O3. The lowest BCUT2D eigenvalue weighted by Gasteiger charge is -2.30. The highest BCUT2D eigenvalue weighted by atomic mass is 19.1. The van der Waals surface area contributed by atoms with E-state index in [-0.39, 0.29) is 24.8 Å². The van der Waals surface area contributed by atoms with Crippen LogP contribution in [0.3, 0.4) is 0 Å². The number of piperazine rings is 1. The van der Waals surface area contributed by atoms with E-state index in [2.05, 4.69) is 10.6 Å². The van der Waals surface area contributed by atoms with E-state index in [9.17, 15) is 14.0 Å². The van der Waals surface area contributed by atoms with Gasteiger partial charge in [0.15, 0.2) is 0 Å². The fourth-order valence-electron chi connectivity index (χ4n) is 2.92. The van der Waals surface area contributed by atoms with Crippen LogP contribution in [0.2, 0.25) is 0 Å². The Morgan fingerprint density at radius 3 is 2.83 bits per heavy atom. The van der Waals surface area contributed by atoms with Crippen LogP contribution in [0, 0.1) is 5.82 Å². The summed E-state index contributed by atoms with van der Waals surface area (Å²) < 4.78 is 19.7. The summed E-state index contributed by atoms with van der Waals surface area (Å²) in [6.07, 6.45) is -0.961. The number of amides is 2. The molecule has 1 atom stereocenters. The lowest BCUT2D eigenvalue weighted by Crippen LogP contribution is -2.43. The number of halogens is 1. The second-order valence-corrected chi connectivity index (χ2v) is 5.93. The molecule has 0 spiro atoms. The van der Waals surface area contributed by atoms with Crippen molar-refractivity contribution in [3.05, 3.63) is 24.0 Å². The van der Waals surface area contributed by atoms with Crippen molar-refractivity contribution in [1.82, 2.24) is 10.6 Å². The number of carbonyl (C=O) groups excluding carboxylic acids is 2. The molecule has 130 valence electrons. The summed E-state index contributed by atoms with van der Waals surface area (Å²) in [7, 11) is 0. The predicted octanol–water partition coefficient (Wildman–Crippen LogP) is 0.697. The van der Waals surface area contributed by atoms with Crippen molar-refractivity contribution in [1.29, 1.82) is 0 Å². The van der Waals surface area contributed by atoms with E-state index in [1.807, 2.05) is 4.90 Å². The number of nitrogens with one attached hydrogen (secondary N) is 2. The standard InChI is InChI=1S/C16H21FN4O3/c1-11(22)19-9-13-10-21(16(23)24-13)12-2-3-15(14(17)8-12)20-6-4-18-5-7-20/h2-3,8,13,18H,4-7,9-10H2,1H3,(H,19,22)/t13-/m1/s1. The second-order valence-electron chi connectivity index (χ2n) is 5.93. The average Bonchev–Trinajstić information content (AvgIpc) is 2.94. The Bertz CT molecular complexity index is 634. The van der Waals surface area contributed by atoms with Gasteiger partial charge in [-0.25, -0.2) is 9.18 Å². The number of hydrogen-bond donors (Lipinski definition) is 2. The van der Waals surface area contributed by atoms with Gasteiger partial charge in [0.05, 0.1) is 24.5 Å². The lowest BCUT2D eigenvalue weighted by atomic mass is 10.2. The van der Waals surface area contributed by atoms with Crippen molar-refractivity contribution in [2.45, 2.75) is 13.0 Å². The minimum absolute atomic E-state index is 0.184. The Labute approximate surface area is 139 Å². The minimum Gasteiger partial charge on any atom is -0.442 e. The molecule has 0 aliphatic carbocycles. The van der Waals surface area contributed by atoms with Gasteiger partial charge in [-0.1, -0.05) is 0 Å². The van der Waals surface area contributed by atoms with Gasteiger partial charge < -0.3 is 20.3 Å². The van der Waals surface area contributed by atoms with Crippen LogP contribution in [0.1, 0.15) is 6.92 Å². The average molecular weight is 336 g/mol. The van der Waals surface area contributed by atoms with Crippen molar-refractivity contribution in [3.63, 3.8) is 0 Å². The molecule has 8 heteroatoms. The first-order valence-corrected chi connectivity index (χ1v) is 8.02. The smallest absolute Gasteiger partial charge is 0.414 e. The summed E-state index contributed by atoms with van der Waals surface area (Å²) in [6.45, 7) is 5.08. The van der Waals surface area contributed by atoms with Gasteiger partial charge in [0.25, 0.3) is 0 Å². The summed E-state index contributed by atoms with van der Waals surface area (Å²) in [5, 5.41) is 5.84. The zero-order valence-corrected chi connectivity index (χ0v) is 13.5. The van der Waals surface area contributed by atoms with E-state index in [1.54, 1.807) is 12.1 Å². The second kappa shape index (κ2) is 7.04. The van der Waals surface area contributed by atoms with E-state index >= 15 is 0 Å². The maximum atomic E-state index is 14.5. The monoisotopic (exact) mass is 336 g/mol. The summed E-state index contributed by atoms with van der Waals surface area (Å²) in [5.74, 6) is -0.538. The van der Waals surface area contributed by atoms with Gasteiger partial charge in [0.2, 0.25) is 5.91 Å². The van der Waals surface area contributed by atoms with E-state index in [1.165, 1.54) is 17.9 Å². The molecule has 0 bridgehead atoms. The molecule has 0 saturated carbocycles. The van der Waals surface area contributed by atoms with E-state index < -0.39 is 12.2 Å². The van der Waals surface area contributed by atoms with Crippen molar-refractivity contribution in [2.75, 3.05) is 49.1 Å². The maximum absolute atomic E-state index is 14.5. The number of cyclic esters (lactones) is 1. The van der Waals surface area contributed by atoms with Crippen molar-refractivity contribution < 1.29 is 18.7 Å². The largest absolute Gasteiger partial charge is 0.442 e.